The van der Waals surface area contributed by atoms with Gasteiger partial charge in [-0.1, -0.05) is 29.4 Å². The lowest BCUT2D eigenvalue weighted by atomic mass is 10.0. The van der Waals surface area contributed by atoms with E-state index >= 15 is 0 Å². The van der Waals surface area contributed by atoms with Gasteiger partial charge in [0.05, 0.1) is 11.1 Å². The highest BCUT2D eigenvalue weighted by Gasteiger charge is 2.20. The maximum Gasteiger partial charge on any atom is 0.266 e. The van der Waals surface area contributed by atoms with Crippen LogP contribution >= 0.6 is 0 Å². The van der Waals surface area contributed by atoms with E-state index < -0.39 is 0 Å². The van der Waals surface area contributed by atoms with Crippen molar-refractivity contribution in [2.75, 3.05) is 0 Å². The van der Waals surface area contributed by atoms with Crippen LogP contribution < -0.4 is 15.4 Å². The standard InChI is InChI=1S/C20H14N4O/c1-12-10-14(11-21)20(22-13(12)2)25-24-18-9-5-8-17-19(18)15-6-3-4-7-16(15)23-17/h3-10H,1-2H3. The van der Waals surface area contributed by atoms with Crippen LogP contribution in [0, 0.1) is 25.2 Å². The van der Waals surface area contributed by atoms with E-state index in [4.69, 9.17) is 4.84 Å². The monoisotopic (exact) mass is 326 g/mol. The number of allylic oxidation sites excluding steroid dienone is 4. The van der Waals surface area contributed by atoms with Gasteiger partial charge < -0.3 is 4.84 Å². The number of pyridine rings is 1. The smallest absolute Gasteiger partial charge is 0.266 e. The molecule has 2 aromatic rings. The second-order valence-electron chi connectivity index (χ2n) is 5.84. The van der Waals surface area contributed by atoms with Crippen molar-refractivity contribution >= 4 is 11.3 Å². The van der Waals surface area contributed by atoms with E-state index in [1.54, 1.807) is 6.07 Å². The molecule has 2 heterocycles. The predicted octanol–water partition coefficient (Wildman–Crippen LogP) is 2.24. The number of aromatic nitrogens is 1. The third-order valence-electron chi connectivity index (χ3n) is 4.22. The van der Waals surface area contributed by atoms with Gasteiger partial charge in [0.1, 0.15) is 17.3 Å². The molecule has 1 aromatic heterocycles. The number of nitrogens with zero attached hydrogens (tertiary/aromatic N) is 4. The molecular weight excluding hydrogens is 312 g/mol. The molecule has 1 aliphatic heterocycles. The summed E-state index contributed by atoms with van der Waals surface area (Å²) >= 11 is 0. The molecule has 5 nitrogen and oxygen atoms in total. The molecule has 25 heavy (non-hydrogen) atoms. The number of para-hydroxylation sites is 1. The van der Waals surface area contributed by atoms with Crippen molar-refractivity contribution < 1.29 is 4.84 Å². The Balaban J connectivity index is 1.79. The van der Waals surface area contributed by atoms with Crippen molar-refractivity contribution in [3.05, 3.63) is 81.7 Å². The van der Waals surface area contributed by atoms with Crippen LogP contribution in [0.5, 0.6) is 5.88 Å². The predicted molar refractivity (Wildman–Crippen MR) is 94.3 cm³/mol. The Kier molecular flexibility index (Phi) is 3.51. The van der Waals surface area contributed by atoms with E-state index in [2.05, 4.69) is 21.2 Å². The Bertz CT molecular complexity index is 1150. The van der Waals surface area contributed by atoms with Crippen molar-refractivity contribution in [1.29, 1.82) is 5.26 Å². The number of hydrogen-bond acceptors (Lipinski definition) is 5. The van der Waals surface area contributed by atoms with Crippen molar-refractivity contribution in [1.82, 2.24) is 4.98 Å². The second-order valence-corrected chi connectivity index (χ2v) is 5.84. The minimum Gasteiger partial charge on any atom is -0.334 e. The molecule has 0 spiro atoms. The van der Waals surface area contributed by atoms with E-state index in [1.807, 2.05) is 56.3 Å². The fourth-order valence-corrected chi connectivity index (χ4v) is 2.81. The van der Waals surface area contributed by atoms with Crippen LogP contribution in [0.1, 0.15) is 16.8 Å². The minimum absolute atomic E-state index is 0.214. The van der Waals surface area contributed by atoms with Gasteiger partial charge in [-0.3, -0.25) is 0 Å². The molecule has 0 fully saturated rings. The second kappa shape index (κ2) is 5.84. The lowest BCUT2D eigenvalue weighted by molar-refractivity contribution is 0.326. The third kappa shape index (κ3) is 2.54. The van der Waals surface area contributed by atoms with E-state index in [1.165, 1.54) is 0 Å². The number of aryl methyl sites for hydroxylation is 2. The summed E-state index contributed by atoms with van der Waals surface area (Å²) in [6.45, 7) is 3.78. The zero-order valence-electron chi connectivity index (χ0n) is 13.8. The van der Waals surface area contributed by atoms with E-state index in [0.29, 0.717) is 11.3 Å². The van der Waals surface area contributed by atoms with E-state index in [0.717, 1.165) is 33.1 Å². The Labute approximate surface area is 144 Å². The number of oxime groups is 1. The molecule has 0 N–H and O–H groups in total. The fraction of sp³-hybridized carbons (Fsp3) is 0.100. The molecular formula is C20H14N4O. The van der Waals surface area contributed by atoms with Crippen LogP contribution in [0.3, 0.4) is 0 Å². The van der Waals surface area contributed by atoms with E-state index in [9.17, 15) is 5.26 Å². The van der Waals surface area contributed by atoms with Crippen molar-refractivity contribution in [2.24, 2.45) is 10.1 Å². The zero-order valence-corrected chi connectivity index (χ0v) is 13.8. The molecule has 0 saturated heterocycles. The number of hydrogen-bond donors (Lipinski definition) is 0. The van der Waals surface area contributed by atoms with Crippen LogP contribution in [0.15, 0.2) is 64.4 Å². The number of benzene rings is 1. The zero-order chi connectivity index (χ0) is 17.4. The maximum atomic E-state index is 9.29. The molecule has 1 aromatic carbocycles. The lowest BCUT2D eigenvalue weighted by Gasteiger charge is -2.09. The number of fused-ring (bicyclic) bond motifs is 2. The Morgan fingerprint density at radius 3 is 2.88 bits per heavy atom. The average molecular weight is 326 g/mol. The summed E-state index contributed by atoms with van der Waals surface area (Å²) in [7, 11) is 0. The van der Waals surface area contributed by atoms with Gasteiger partial charge in [-0.15, -0.1) is 0 Å². The Morgan fingerprint density at radius 1 is 1.20 bits per heavy atom. The van der Waals surface area contributed by atoms with E-state index in [-0.39, 0.29) is 5.88 Å². The molecule has 0 amide bonds. The van der Waals surface area contributed by atoms with Crippen LogP contribution in [0.2, 0.25) is 0 Å². The van der Waals surface area contributed by atoms with Crippen LogP contribution in [-0.4, -0.2) is 10.7 Å². The van der Waals surface area contributed by atoms with Gasteiger partial charge in [0.25, 0.3) is 5.88 Å². The summed E-state index contributed by atoms with van der Waals surface area (Å²) in [5.74, 6) is 0.214. The molecule has 0 atom stereocenters. The first kappa shape index (κ1) is 15.0. The van der Waals surface area contributed by atoms with Crippen molar-refractivity contribution in [2.45, 2.75) is 13.8 Å². The van der Waals surface area contributed by atoms with Gasteiger partial charge in [-0.05, 0) is 43.7 Å². The molecule has 0 saturated carbocycles. The highest BCUT2D eigenvalue weighted by atomic mass is 16.6. The maximum absolute atomic E-state index is 9.29. The Hall–Kier alpha value is -3.52. The van der Waals surface area contributed by atoms with Crippen molar-refractivity contribution in [3.63, 3.8) is 0 Å². The highest BCUT2D eigenvalue weighted by molar-refractivity contribution is 6.30. The Morgan fingerprint density at radius 2 is 2.04 bits per heavy atom. The first-order valence-corrected chi connectivity index (χ1v) is 7.88. The van der Waals surface area contributed by atoms with Crippen LogP contribution in [0.25, 0.3) is 5.57 Å². The normalized spacial score (nSPS) is 16.0. The van der Waals surface area contributed by atoms with Gasteiger partial charge >= 0.3 is 0 Å². The summed E-state index contributed by atoms with van der Waals surface area (Å²) in [6, 6.07) is 11.8. The fourth-order valence-electron chi connectivity index (χ4n) is 2.81. The highest BCUT2D eigenvalue weighted by Crippen LogP contribution is 2.23. The van der Waals surface area contributed by atoms with Gasteiger partial charge in [-0.25, -0.2) is 9.98 Å². The van der Waals surface area contributed by atoms with Gasteiger partial charge in [0.2, 0.25) is 0 Å². The van der Waals surface area contributed by atoms with Gasteiger partial charge in [0.15, 0.2) is 0 Å². The first-order valence-electron chi connectivity index (χ1n) is 7.88. The summed E-state index contributed by atoms with van der Waals surface area (Å²) in [4.78, 5) is 14.5. The molecule has 0 radical (unpaired) electrons. The SMILES string of the molecule is Cc1cc(C#N)c(ON=C2C=CC=C3N=c4ccccc4=C32)nc1C. The third-order valence-corrected chi connectivity index (χ3v) is 4.22. The first-order chi connectivity index (χ1) is 12.2. The summed E-state index contributed by atoms with van der Waals surface area (Å²) < 4.78 is 0. The molecule has 0 bridgehead atoms. The number of nitriles is 1. The molecule has 4 rings (SSSR count). The summed E-state index contributed by atoms with van der Waals surface area (Å²) in [5, 5.41) is 15.5. The molecule has 1 aliphatic carbocycles. The summed E-state index contributed by atoms with van der Waals surface area (Å²) in [5.41, 5.74) is 4.57. The molecule has 120 valence electrons. The molecule has 2 aliphatic rings. The average Bonchev–Trinajstić information content (AvgIpc) is 3.01. The van der Waals surface area contributed by atoms with Crippen LogP contribution in [-0.2, 0) is 0 Å². The quantitative estimate of drug-likeness (QED) is 0.795. The van der Waals surface area contributed by atoms with Crippen LogP contribution in [0.4, 0.5) is 0 Å². The lowest BCUT2D eigenvalue weighted by Crippen LogP contribution is -2.24. The minimum atomic E-state index is 0.214. The van der Waals surface area contributed by atoms with Gasteiger partial charge in [0, 0.05) is 16.5 Å². The topological polar surface area (TPSA) is 70.6 Å². The number of rotatable bonds is 2. The largest absolute Gasteiger partial charge is 0.334 e. The van der Waals surface area contributed by atoms with Crippen molar-refractivity contribution in [3.8, 4) is 11.9 Å². The molecule has 5 heteroatoms. The van der Waals surface area contributed by atoms with Gasteiger partial charge in [-0.2, -0.15) is 5.26 Å². The molecule has 0 unspecified atom stereocenters. The summed E-state index contributed by atoms with van der Waals surface area (Å²) in [6.07, 6.45) is 5.70.